The Labute approximate surface area is 72.4 Å². The molecule has 2 aromatic rings. The van der Waals surface area contributed by atoms with Gasteiger partial charge in [-0.3, -0.25) is 0 Å². The van der Waals surface area contributed by atoms with Crippen LogP contribution in [0.4, 0.5) is 0 Å². The Morgan fingerprint density at radius 1 is 1.27 bits per heavy atom. The van der Waals surface area contributed by atoms with E-state index in [9.17, 15) is 0 Å². The fourth-order valence-electron chi connectivity index (χ4n) is 0.878. The highest BCUT2D eigenvalue weighted by molar-refractivity contribution is 6.35. The lowest BCUT2D eigenvalue weighted by Crippen LogP contribution is -1.79. The predicted molar refractivity (Wildman–Crippen MR) is 43.9 cm³/mol. The van der Waals surface area contributed by atoms with Gasteiger partial charge in [0.05, 0.1) is 5.39 Å². The third-order valence-electron chi connectivity index (χ3n) is 1.34. The zero-order valence-electron chi connectivity index (χ0n) is 5.31. The largest absolute Gasteiger partial charge is 0.330 e. The highest BCUT2D eigenvalue weighted by Gasteiger charge is 2.03. The van der Waals surface area contributed by atoms with Crippen LogP contribution in [0.25, 0.3) is 11.0 Å². The molecule has 0 aliphatic heterocycles. The van der Waals surface area contributed by atoms with Gasteiger partial charge in [0.25, 0.3) is 0 Å². The van der Waals surface area contributed by atoms with E-state index >= 15 is 0 Å². The first-order chi connectivity index (χ1) is 5.27. The maximum Gasteiger partial charge on any atom is 0.143 e. The Balaban J connectivity index is 2.90. The lowest BCUT2D eigenvalue weighted by molar-refractivity contribution is 1.20. The number of nitrogens with zero attached hydrogens (tertiary/aromatic N) is 2. The predicted octanol–water partition coefficient (Wildman–Crippen LogP) is 2.26. The summed E-state index contributed by atoms with van der Waals surface area (Å²) >= 11 is 11.4. The van der Waals surface area contributed by atoms with Crippen molar-refractivity contribution >= 4 is 34.2 Å². The summed E-state index contributed by atoms with van der Waals surface area (Å²) in [5, 5.41) is 1.68. The zero-order chi connectivity index (χ0) is 7.84. The molecule has 3 nitrogen and oxygen atoms in total. The van der Waals surface area contributed by atoms with E-state index in [4.69, 9.17) is 23.2 Å². The zero-order valence-corrected chi connectivity index (χ0v) is 6.82. The fraction of sp³-hybridized carbons (Fsp3) is 0. The normalized spacial score (nSPS) is 10.7. The van der Waals surface area contributed by atoms with Crippen LogP contribution in [0, 0.1) is 0 Å². The average Bonchev–Trinajstić information content (AvgIpc) is 2.31. The van der Waals surface area contributed by atoms with Gasteiger partial charge in [0.1, 0.15) is 22.3 Å². The Morgan fingerprint density at radius 3 is 2.82 bits per heavy atom. The van der Waals surface area contributed by atoms with Crippen LogP contribution >= 0.6 is 23.2 Å². The number of aromatic amines is 1. The standard InChI is InChI=1S/C6H3Cl2N3/c7-4-1-3-5(8)9-2-10-6(3)11-4/h1-2H,(H,9,10,11). The summed E-state index contributed by atoms with van der Waals surface area (Å²) in [5.41, 5.74) is 0.662. The molecule has 11 heavy (non-hydrogen) atoms. The molecular weight excluding hydrogens is 185 g/mol. The summed E-state index contributed by atoms with van der Waals surface area (Å²) in [6, 6.07) is 1.69. The Bertz CT molecular complexity index is 396. The van der Waals surface area contributed by atoms with E-state index in [0.717, 1.165) is 5.39 Å². The molecule has 0 bridgehead atoms. The monoisotopic (exact) mass is 187 g/mol. The van der Waals surface area contributed by atoms with Gasteiger partial charge in [-0.1, -0.05) is 23.2 Å². The van der Waals surface area contributed by atoms with Gasteiger partial charge in [-0.2, -0.15) is 0 Å². The van der Waals surface area contributed by atoms with E-state index < -0.39 is 0 Å². The van der Waals surface area contributed by atoms with Crippen molar-refractivity contribution in [2.45, 2.75) is 0 Å². The van der Waals surface area contributed by atoms with Gasteiger partial charge in [0.15, 0.2) is 0 Å². The van der Waals surface area contributed by atoms with Crippen molar-refractivity contribution in [1.29, 1.82) is 0 Å². The number of fused-ring (bicyclic) bond motifs is 1. The van der Waals surface area contributed by atoms with Crippen LogP contribution in [0.1, 0.15) is 0 Å². The van der Waals surface area contributed by atoms with Crippen molar-refractivity contribution < 1.29 is 0 Å². The molecule has 0 fully saturated rings. The highest BCUT2D eigenvalue weighted by Crippen LogP contribution is 2.21. The first kappa shape index (κ1) is 6.88. The van der Waals surface area contributed by atoms with Crippen LogP contribution < -0.4 is 0 Å². The highest BCUT2D eigenvalue weighted by atomic mass is 35.5. The SMILES string of the molecule is Clc1cc2c(Cl)ncnc2[nH]1. The molecule has 0 saturated heterocycles. The minimum absolute atomic E-state index is 0.415. The van der Waals surface area contributed by atoms with Crippen LogP contribution in [0.15, 0.2) is 12.4 Å². The molecule has 2 heterocycles. The molecule has 0 unspecified atom stereocenters. The number of aromatic nitrogens is 3. The molecule has 5 heteroatoms. The summed E-state index contributed by atoms with van der Waals surface area (Å²) in [6.07, 6.45) is 1.39. The molecule has 0 radical (unpaired) electrons. The second kappa shape index (κ2) is 2.36. The summed E-state index contributed by atoms with van der Waals surface area (Å²) in [4.78, 5) is 10.6. The van der Waals surface area contributed by atoms with Gasteiger partial charge in [0, 0.05) is 0 Å². The molecule has 0 atom stereocenters. The molecule has 2 aromatic heterocycles. The number of H-pyrrole nitrogens is 1. The third kappa shape index (κ3) is 1.06. The second-order valence-corrected chi connectivity index (χ2v) is 2.81. The average molecular weight is 188 g/mol. The summed E-state index contributed by atoms with van der Waals surface area (Å²) in [6.45, 7) is 0. The van der Waals surface area contributed by atoms with E-state index in [-0.39, 0.29) is 0 Å². The number of halogens is 2. The summed E-state index contributed by atoms with van der Waals surface area (Å²) < 4.78 is 0. The molecule has 0 aliphatic rings. The van der Waals surface area contributed by atoms with Crippen molar-refractivity contribution in [3.63, 3.8) is 0 Å². The van der Waals surface area contributed by atoms with Crippen LogP contribution in [-0.4, -0.2) is 15.0 Å². The van der Waals surface area contributed by atoms with E-state index in [2.05, 4.69) is 15.0 Å². The van der Waals surface area contributed by atoms with Gasteiger partial charge in [-0.15, -0.1) is 0 Å². The Kier molecular flexibility index (Phi) is 1.47. The molecule has 0 aromatic carbocycles. The van der Waals surface area contributed by atoms with Crippen molar-refractivity contribution in [2.24, 2.45) is 0 Å². The number of nitrogens with one attached hydrogen (secondary N) is 1. The van der Waals surface area contributed by atoms with E-state index in [0.29, 0.717) is 16.0 Å². The van der Waals surface area contributed by atoms with Crippen LogP contribution in [0.3, 0.4) is 0 Å². The van der Waals surface area contributed by atoms with Crippen molar-refractivity contribution in [1.82, 2.24) is 15.0 Å². The summed E-state index contributed by atoms with van der Waals surface area (Å²) in [7, 11) is 0. The molecule has 56 valence electrons. The van der Waals surface area contributed by atoms with E-state index in [1.807, 2.05) is 0 Å². The van der Waals surface area contributed by atoms with E-state index in [1.165, 1.54) is 6.33 Å². The van der Waals surface area contributed by atoms with Gasteiger partial charge in [0.2, 0.25) is 0 Å². The number of hydrogen-bond acceptors (Lipinski definition) is 2. The van der Waals surface area contributed by atoms with Gasteiger partial charge < -0.3 is 4.98 Å². The minimum atomic E-state index is 0.415. The van der Waals surface area contributed by atoms with Crippen molar-refractivity contribution in [3.8, 4) is 0 Å². The van der Waals surface area contributed by atoms with Crippen LogP contribution in [0.5, 0.6) is 0 Å². The van der Waals surface area contributed by atoms with Crippen molar-refractivity contribution in [3.05, 3.63) is 22.7 Å². The van der Waals surface area contributed by atoms with Crippen LogP contribution in [0.2, 0.25) is 10.3 Å². The Morgan fingerprint density at radius 2 is 2.09 bits per heavy atom. The molecule has 0 saturated carbocycles. The molecule has 0 aliphatic carbocycles. The lowest BCUT2D eigenvalue weighted by Gasteiger charge is -1.87. The Hall–Kier alpha value is -0.800. The molecular formula is C6H3Cl2N3. The maximum atomic E-state index is 5.74. The van der Waals surface area contributed by atoms with Gasteiger partial charge >= 0.3 is 0 Å². The maximum absolute atomic E-state index is 5.74. The van der Waals surface area contributed by atoms with Gasteiger partial charge in [-0.25, -0.2) is 9.97 Å². The first-order valence-corrected chi connectivity index (χ1v) is 3.67. The van der Waals surface area contributed by atoms with Crippen molar-refractivity contribution in [2.75, 3.05) is 0 Å². The quantitative estimate of drug-likeness (QED) is 0.644. The molecule has 1 N–H and O–H groups in total. The topological polar surface area (TPSA) is 41.6 Å². The lowest BCUT2D eigenvalue weighted by atomic mass is 10.4. The number of rotatable bonds is 0. The second-order valence-electron chi connectivity index (χ2n) is 2.04. The molecule has 2 rings (SSSR count). The molecule has 0 spiro atoms. The smallest absolute Gasteiger partial charge is 0.143 e. The fourth-order valence-corrected chi connectivity index (χ4v) is 1.26. The summed E-state index contributed by atoms with van der Waals surface area (Å²) in [5.74, 6) is 0. The number of hydrogen-bond donors (Lipinski definition) is 1. The first-order valence-electron chi connectivity index (χ1n) is 2.92. The molecule has 0 amide bonds. The third-order valence-corrected chi connectivity index (χ3v) is 1.85. The minimum Gasteiger partial charge on any atom is -0.330 e. The van der Waals surface area contributed by atoms with Gasteiger partial charge in [-0.05, 0) is 6.07 Å². The van der Waals surface area contributed by atoms with Crippen LogP contribution in [-0.2, 0) is 0 Å². The van der Waals surface area contributed by atoms with E-state index in [1.54, 1.807) is 6.07 Å².